The van der Waals surface area contributed by atoms with Gasteiger partial charge in [-0.15, -0.1) is 0 Å². The molecule has 1 aliphatic carbocycles. The Morgan fingerprint density at radius 3 is 2.91 bits per heavy atom. The number of benzene rings is 1. The fraction of sp³-hybridized carbons (Fsp3) is 0.188. The maximum absolute atomic E-state index is 13.9. The zero-order valence-corrected chi connectivity index (χ0v) is 12.5. The van der Waals surface area contributed by atoms with Gasteiger partial charge >= 0.3 is 0 Å². The van der Waals surface area contributed by atoms with Crippen LogP contribution < -0.4 is 4.72 Å². The molecule has 1 heterocycles. The quantitative estimate of drug-likeness (QED) is 0.902. The van der Waals surface area contributed by atoms with E-state index in [0.29, 0.717) is 4.90 Å². The number of halogens is 1. The van der Waals surface area contributed by atoms with Gasteiger partial charge in [0.15, 0.2) is 11.0 Å². The highest BCUT2D eigenvalue weighted by atomic mass is 32.2. The van der Waals surface area contributed by atoms with Crippen LogP contribution in [0.25, 0.3) is 5.57 Å². The zero-order valence-electron chi connectivity index (χ0n) is 11.7. The van der Waals surface area contributed by atoms with Gasteiger partial charge in [0.1, 0.15) is 5.82 Å². The highest BCUT2D eigenvalue weighted by Gasteiger charge is 2.17. The summed E-state index contributed by atoms with van der Waals surface area (Å²) >= 11 is 0. The Morgan fingerprint density at radius 2 is 2.23 bits per heavy atom. The second kappa shape index (κ2) is 6.16. The predicted molar refractivity (Wildman–Crippen MR) is 83.8 cm³/mol. The van der Waals surface area contributed by atoms with Crippen molar-refractivity contribution in [2.75, 3.05) is 4.72 Å². The summed E-state index contributed by atoms with van der Waals surface area (Å²) < 4.78 is 29.0. The van der Waals surface area contributed by atoms with Crippen molar-refractivity contribution in [3.63, 3.8) is 0 Å². The van der Waals surface area contributed by atoms with E-state index in [9.17, 15) is 8.60 Å². The molecule has 2 aromatic rings. The topological polar surface area (TPSA) is 68.7 Å². The minimum Gasteiger partial charge on any atom is -0.366 e. The molecule has 112 valence electrons. The molecule has 1 aromatic heterocycles. The molecule has 2 N–H and O–H groups in total. The van der Waals surface area contributed by atoms with Crippen LogP contribution in [-0.4, -0.2) is 9.19 Å². The summed E-state index contributed by atoms with van der Waals surface area (Å²) in [6.07, 6.45) is 8.73. The van der Waals surface area contributed by atoms with Gasteiger partial charge in [-0.2, -0.15) is 5.26 Å². The molecule has 1 unspecified atom stereocenters. The van der Waals surface area contributed by atoms with E-state index >= 15 is 0 Å². The highest BCUT2D eigenvalue weighted by Crippen LogP contribution is 2.31. The standard InChI is InChI=1S/C16H14FN3OS/c17-14-7-11(8-18)5-6-15(14)20-22(21)16-10-19-9-13(16)12-3-1-2-4-12/h3,5-7,9-10,19-20H,1-2,4H2. The van der Waals surface area contributed by atoms with Crippen molar-refractivity contribution in [3.8, 4) is 6.07 Å². The van der Waals surface area contributed by atoms with Gasteiger partial charge in [0, 0.05) is 18.0 Å². The normalized spacial score (nSPS) is 15.2. The summed E-state index contributed by atoms with van der Waals surface area (Å²) in [5.74, 6) is -0.593. The van der Waals surface area contributed by atoms with Gasteiger partial charge in [-0.1, -0.05) is 6.08 Å². The molecule has 0 aliphatic heterocycles. The van der Waals surface area contributed by atoms with Crippen molar-refractivity contribution in [2.45, 2.75) is 24.2 Å². The average molecular weight is 315 g/mol. The van der Waals surface area contributed by atoms with Gasteiger partial charge in [0.25, 0.3) is 0 Å². The minimum absolute atomic E-state index is 0.116. The van der Waals surface area contributed by atoms with Crippen LogP contribution in [0.4, 0.5) is 10.1 Å². The number of rotatable bonds is 4. The maximum atomic E-state index is 13.9. The molecule has 0 saturated heterocycles. The lowest BCUT2D eigenvalue weighted by Gasteiger charge is -2.08. The van der Waals surface area contributed by atoms with Gasteiger partial charge in [-0.3, -0.25) is 4.72 Å². The number of H-pyrrole nitrogens is 1. The molecule has 0 radical (unpaired) electrons. The predicted octanol–water partition coefficient (Wildman–Crippen LogP) is 3.73. The Balaban J connectivity index is 1.84. The number of nitrogens with zero attached hydrogens (tertiary/aromatic N) is 1. The Kier molecular flexibility index (Phi) is 4.07. The second-order valence-corrected chi connectivity index (χ2v) is 6.21. The number of allylic oxidation sites excluding steroid dienone is 2. The molecule has 3 rings (SSSR count). The van der Waals surface area contributed by atoms with Gasteiger partial charge < -0.3 is 4.98 Å². The fourth-order valence-electron chi connectivity index (χ4n) is 2.49. The van der Waals surface area contributed by atoms with Crippen molar-refractivity contribution in [1.29, 1.82) is 5.26 Å². The van der Waals surface area contributed by atoms with Crippen LogP contribution in [0.1, 0.15) is 30.4 Å². The average Bonchev–Trinajstić information content (AvgIpc) is 3.19. The summed E-state index contributed by atoms with van der Waals surface area (Å²) in [4.78, 5) is 3.57. The van der Waals surface area contributed by atoms with Crippen molar-refractivity contribution in [2.24, 2.45) is 0 Å². The third-order valence-electron chi connectivity index (χ3n) is 3.60. The summed E-state index contributed by atoms with van der Waals surface area (Å²) in [5.41, 5.74) is 2.43. The molecule has 0 bridgehead atoms. The van der Waals surface area contributed by atoms with E-state index in [-0.39, 0.29) is 11.3 Å². The molecule has 1 aliphatic rings. The van der Waals surface area contributed by atoms with Gasteiger partial charge in [-0.25, -0.2) is 8.60 Å². The summed E-state index contributed by atoms with van der Waals surface area (Å²) in [7, 11) is -1.57. The van der Waals surface area contributed by atoms with Crippen molar-refractivity contribution >= 4 is 22.2 Å². The Bertz CT molecular complexity index is 804. The first-order valence-electron chi connectivity index (χ1n) is 6.93. The number of nitrogens with one attached hydrogen (secondary N) is 2. The minimum atomic E-state index is -1.57. The Hall–Kier alpha value is -2.39. The number of nitriles is 1. The van der Waals surface area contributed by atoms with Gasteiger partial charge in [-0.05, 0) is 43.0 Å². The van der Waals surface area contributed by atoms with Gasteiger partial charge in [0.05, 0.1) is 22.2 Å². The van der Waals surface area contributed by atoms with Crippen LogP contribution >= 0.6 is 0 Å². The first-order valence-corrected chi connectivity index (χ1v) is 8.08. The monoisotopic (exact) mass is 315 g/mol. The smallest absolute Gasteiger partial charge is 0.152 e. The molecular weight excluding hydrogens is 301 g/mol. The summed E-state index contributed by atoms with van der Waals surface area (Å²) in [6.45, 7) is 0. The van der Waals surface area contributed by atoms with Crippen LogP contribution in [0.15, 0.2) is 41.6 Å². The maximum Gasteiger partial charge on any atom is 0.152 e. The van der Waals surface area contributed by atoms with Crippen molar-refractivity contribution < 1.29 is 8.60 Å². The molecular formula is C16H14FN3OS. The first kappa shape index (κ1) is 14.5. The number of anilines is 1. The third kappa shape index (κ3) is 2.81. The van der Waals surface area contributed by atoms with E-state index in [1.165, 1.54) is 17.7 Å². The molecule has 0 amide bonds. The van der Waals surface area contributed by atoms with E-state index in [1.807, 2.05) is 12.3 Å². The van der Waals surface area contributed by atoms with Crippen LogP contribution in [-0.2, 0) is 11.0 Å². The van der Waals surface area contributed by atoms with Crippen LogP contribution in [0.3, 0.4) is 0 Å². The lowest BCUT2D eigenvalue weighted by atomic mass is 10.1. The molecule has 6 heteroatoms. The zero-order chi connectivity index (χ0) is 15.5. The van der Waals surface area contributed by atoms with E-state index in [1.54, 1.807) is 6.20 Å². The molecule has 0 saturated carbocycles. The first-order chi connectivity index (χ1) is 10.7. The lowest BCUT2D eigenvalue weighted by molar-refractivity contribution is 0.631. The van der Waals surface area contributed by atoms with Crippen molar-refractivity contribution in [3.05, 3.63) is 53.6 Å². The van der Waals surface area contributed by atoms with E-state index in [2.05, 4.69) is 15.8 Å². The second-order valence-electron chi connectivity index (χ2n) is 5.03. The van der Waals surface area contributed by atoms with E-state index < -0.39 is 16.8 Å². The fourth-order valence-corrected chi connectivity index (χ4v) is 3.53. The Labute approximate surface area is 130 Å². The number of aromatic nitrogens is 1. The molecule has 22 heavy (non-hydrogen) atoms. The molecule has 0 fully saturated rings. The number of hydrogen-bond acceptors (Lipinski definition) is 2. The molecule has 4 nitrogen and oxygen atoms in total. The van der Waals surface area contributed by atoms with Crippen LogP contribution in [0.5, 0.6) is 0 Å². The molecule has 1 atom stereocenters. The highest BCUT2D eigenvalue weighted by molar-refractivity contribution is 7.86. The van der Waals surface area contributed by atoms with Crippen LogP contribution in [0.2, 0.25) is 0 Å². The lowest BCUT2D eigenvalue weighted by Crippen LogP contribution is -2.07. The molecule has 0 spiro atoms. The van der Waals surface area contributed by atoms with E-state index in [0.717, 1.165) is 30.9 Å². The van der Waals surface area contributed by atoms with Crippen molar-refractivity contribution in [1.82, 2.24) is 4.98 Å². The largest absolute Gasteiger partial charge is 0.366 e. The molecule has 1 aromatic carbocycles. The summed E-state index contributed by atoms with van der Waals surface area (Å²) in [6, 6.07) is 5.90. The SMILES string of the molecule is N#Cc1ccc(NS(=O)c2c[nH]cc2C2=CCCC2)c(F)c1. The number of hydrogen-bond donors (Lipinski definition) is 2. The number of aromatic amines is 1. The summed E-state index contributed by atoms with van der Waals surface area (Å²) in [5, 5.41) is 8.74. The van der Waals surface area contributed by atoms with Gasteiger partial charge in [0.2, 0.25) is 0 Å². The van der Waals surface area contributed by atoms with E-state index in [4.69, 9.17) is 5.26 Å². The Morgan fingerprint density at radius 1 is 1.36 bits per heavy atom. The van der Waals surface area contributed by atoms with Crippen LogP contribution in [0, 0.1) is 17.1 Å². The third-order valence-corrected chi connectivity index (χ3v) is 4.74.